The fourth-order valence-corrected chi connectivity index (χ4v) is 3.32. The van der Waals surface area contributed by atoms with E-state index in [1.54, 1.807) is 41.3 Å². The zero-order chi connectivity index (χ0) is 19.2. The Labute approximate surface area is 166 Å². The summed E-state index contributed by atoms with van der Waals surface area (Å²) in [5, 5.41) is 5.36. The Morgan fingerprint density at radius 2 is 1.74 bits per heavy atom. The normalized spacial score (nSPS) is 16.0. The molecule has 1 fully saturated rings. The van der Waals surface area contributed by atoms with Gasteiger partial charge in [-0.3, -0.25) is 14.4 Å². The number of hydrogen-bond donors (Lipinski definition) is 2. The summed E-state index contributed by atoms with van der Waals surface area (Å²) in [5.74, 6) is -0.778. The highest BCUT2D eigenvalue weighted by Crippen LogP contribution is 2.20. The van der Waals surface area contributed by atoms with E-state index in [0.717, 1.165) is 10.9 Å². The molecule has 1 aliphatic heterocycles. The minimum Gasteiger partial charge on any atom is -0.345 e. The molecule has 0 bridgehead atoms. The number of halogens is 1. The van der Waals surface area contributed by atoms with Crippen molar-refractivity contribution in [2.45, 2.75) is 18.9 Å². The molecule has 1 heterocycles. The van der Waals surface area contributed by atoms with Gasteiger partial charge in [0, 0.05) is 22.3 Å². The zero-order valence-corrected chi connectivity index (χ0v) is 16.2. The number of carbonyl (C=O) groups excluding carboxylic acids is 3. The first kappa shape index (κ1) is 19.1. The second-order valence-corrected chi connectivity index (χ2v) is 7.21. The molecule has 2 aromatic rings. The van der Waals surface area contributed by atoms with E-state index in [9.17, 15) is 14.4 Å². The van der Waals surface area contributed by atoms with Crippen LogP contribution in [0.3, 0.4) is 0 Å². The molecule has 1 saturated heterocycles. The van der Waals surface area contributed by atoms with Crippen molar-refractivity contribution >= 4 is 39.3 Å². The molecule has 7 heteroatoms. The van der Waals surface area contributed by atoms with Crippen LogP contribution in [0.15, 0.2) is 59.1 Å². The Morgan fingerprint density at radius 1 is 1.04 bits per heavy atom. The van der Waals surface area contributed by atoms with Crippen molar-refractivity contribution in [1.29, 1.82) is 0 Å². The lowest BCUT2D eigenvalue weighted by atomic mass is 10.1. The van der Waals surface area contributed by atoms with Crippen LogP contribution in [0.1, 0.15) is 23.2 Å². The first-order valence-electron chi connectivity index (χ1n) is 8.74. The smallest absolute Gasteiger partial charge is 0.254 e. The van der Waals surface area contributed by atoms with Gasteiger partial charge in [-0.15, -0.1) is 0 Å². The van der Waals surface area contributed by atoms with Crippen LogP contribution in [0, 0.1) is 0 Å². The Balaban J connectivity index is 1.54. The SMILES string of the molecule is O=C(CNC(=O)C1CCCN1C(=O)c1ccccc1)Nc1ccc(Br)cc1. The summed E-state index contributed by atoms with van der Waals surface area (Å²) >= 11 is 3.33. The van der Waals surface area contributed by atoms with Crippen LogP contribution in [-0.2, 0) is 9.59 Å². The second-order valence-electron chi connectivity index (χ2n) is 6.30. The van der Waals surface area contributed by atoms with E-state index < -0.39 is 6.04 Å². The Morgan fingerprint density at radius 3 is 2.44 bits per heavy atom. The molecule has 0 radical (unpaired) electrons. The average molecular weight is 430 g/mol. The number of nitrogens with one attached hydrogen (secondary N) is 2. The molecule has 0 aromatic heterocycles. The van der Waals surface area contributed by atoms with E-state index in [2.05, 4.69) is 26.6 Å². The van der Waals surface area contributed by atoms with E-state index in [1.807, 2.05) is 18.2 Å². The highest BCUT2D eigenvalue weighted by Gasteiger charge is 2.34. The first-order chi connectivity index (χ1) is 13.0. The van der Waals surface area contributed by atoms with Gasteiger partial charge in [-0.05, 0) is 49.2 Å². The maximum atomic E-state index is 12.6. The van der Waals surface area contributed by atoms with Gasteiger partial charge in [0.05, 0.1) is 6.54 Å². The van der Waals surface area contributed by atoms with Crippen molar-refractivity contribution in [3.8, 4) is 0 Å². The highest BCUT2D eigenvalue weighted by atomic mass is 79.9. The van der Waals surface area contributed by atoms with Gasteiger partial charge < -0.3 is 15.5 Å². The van der Waals surface area contributed by atoms with Gasteiger partial charge in [0.25, 0.3) is 5.91 Å². The zero-order valence-electron chi connectivity index (χ0n) is 14.7. The van der Waals surface area contributed by atoms with Gasteiger partial charge in [0.2, 0.25) is 11.8 Å². The van der Waals surface area contributed by atoms with Crippen molar-refractivity contribution in [3.63, 3.8) is 0 Å². The summed E-state index contributed by atoms with van der Waals surface area (Å²) in [6.45, 7) is 0.398. The monoisotopic (exact) mass is 429 g/mol. The molecule has 0 saturated carbocycles. The fraction of sp³-hybridized carbons (Fsp3) is 0.250. The lowest BCUT2D eigenvalue weighted by Gasteiger charge is -2.24. The topological polar surface area (TPSA) is 78.5 Å². The molecule has 3 rings (SSSR count). The maximum Gasteiger partial charge on any atom is 0.254 e. The second kappa shape index (κ2) is 8.81. The van der Waals surface area contributed by atoms with E-state index in [0.29, 0.717) is 24.2 Å². The van der Waals surface area contributed by atoms with Gasteiger partial charge >= 0.3 is 0 Å². The summed E-state index contributed by atoms with van der Waals surface area (Å²) in [4.78, 5) is 38.7. The molecule has 6 nitrogen and oxygen atoms in total. The average Bonchev–Trinajstić information content (AvgIpc) is 3.18. The maximum absolute atomic E-state index is 12.6. The van der Waals surface area contributed by atoms with Crippen LogP contribution in [0.5, 0.6) is 0 Å². The minimum absolute atomic E-state index is 0.140. The molecule has 2 aromatic carbocycles. The Bertz CT molecular complexity index is 824. The van der Waals surface area contributed by atoms with E-state index in [1.165, 1.54) is 0 Å². The summed E-state index contributed by atoms with van der Waals surface area (Å²) in [5.41, 5.74) is 1.21. The molecule has 1 aliphatic rings. The summed E-state index contributed by atoms with van der Waals surface area (Å²) in [6.07, 6.45) is 1.36. The molecule has 3 amide bonds. The van der Waals surface area contributed by atoms with Gasteiger partial charge in [-0.25, -0.2) is 0 Å². The number of rotatable bonds is 5. The molecule has 27 heavy (non-hydrogen) atoms. The van der Waals surface area contributed by atoms with Crippen molar-refractivity contribution in [1.82, 2.24) is 10.2 Å². The van der Waals surface area contributed by atoms with Crippen molar-refractivity contribution in [2.75, 3.05) is 18.4 Å². The number of likely N-dealkylation sites (tertiary alicyclic amines) is 1. The molecule has 2 N–H and O–H groups in total. The molecular weight excluding hydrogens is 410 g/mol. The number of carbonyl (C=O) groups is 3. The van der Waals surface area contributed by atoms with Gasteiger partial charge in [0.15, 0.2) is 0 Å². The number of benzene rings is 2. The van der Waals surface area contributed by atoms with Crippen molar-refractivity contribution in [2.24, 2.45) is 0 Å². The minimum atomic E-state index is -0.543. The van der Waals surface area contributed by atoms with Gasteiger partial charge in [-0.1, -0.05) is 34.1 Å². The van der Waals surface area contributed by atoms with E-state index >= 15 is 0 Å². The predicted octanol–water partition coefficient (Wildman–Crippen LogP) is 2.81. The van der Waals surface area contributed by atoms with Crippen LogP contribution >= 0.6 is 15.9 Å². The third-order valence-electron chi connectivity index (χ3n) is 4.39. The van der Waals surface area contributed by atoms with Crippen LogP contribution < -0.4 is 10.6 Å². The summed E-state index contributed by atoms with van der Waals surface area (Å²) < 4.78 is 0.915. The van der Waals surface area contributed by atoms with E-state index in [-0.39, 0.29) is 24.3 Å². The molecule has 0 aliphatic carbocycles. The Hall–Kier alpha value is -2.67. The van der Waals surface area contributed by atoms with Gasteiger partial charge in [-0.2, -0.15) is 0 Å². The molecule has 1 atom stereocenters. The van der Waals surface area contributed by atoms with Crippen LogP contribution in [0.2, 0.25) is 0 Å². The number of amides is 3. The summed E-state index contributed by atoms with van der Waals surface area (Å²) in [7, 11) is 0. The molecule has 1 unspecified atom stereocenters. The van der Waals surface area contributed by atoms with Gasteiger partial charge in [0.1, 0.15) is 6.04 Å². The predicted molar refractivity (Wildman–Crippen MR) is 106 cm³/mol. The molecule has 0 spiro atoms. The summed E-state index contributed by atoms with van der Waals surface area (Å²) in [6, 6.07) is 15.5. The third kappa shape index (κ3) is 4.95. The fourth-order valence-electron chi connectivity index (χ4n) is 3.05. The lowest BCUT2D eigenvalue weighted by molar-refractivity contribution is -0.127. The molecule has 140 valence electrons. The lowest BCUT2D eigenvalue weighted by Crippen LogP contribution is -2.47. The standard InChI is InChI=1S/C20H20BrN3O3/c21-15-8-10-16(11-9-15)23-18(25)13-22-19(26)17-7-4-12-24(17)20(27)14-5-2-1-3-6-14/h1-3,5-6,8-11,17H,4,7,12-13H2,(H,22,26)(H,23,25). The van der Waals surface area contributed by atoms with Crippen molar-refractivity contribution in [3.05, 3.63) is 64.6 Å². The Kier molecular flexibility index (Phi) is 6.24. The first-order valence-corrected chi connectivity index (χ1v) is 9.53. The van der Waals surface area contributed by atoms with Crippen LogP contribution in [-0.4, -0.2) is 41.8 Å². The number of hydrogen-bond acceptors (Lipinski definition) is 3. The van der Waals surface area contributed by atoms with Crippen molar-refractivity contribution < 1.29 is 14.4 Å². The molecular formula is C20H20BrN3O3. The van der Waals surface area contributed by atoms with Crippen LogP contribution in [0.25, 0.3) is 0 Å². The van der Waals surface area contributed by atoms with Crippen LogP contribution in [0.4, 0.5) is 5.69 Å². The number of nitrogens with zero attached hydrogens (tertiary/aromatic N) is 1. The largest absolute Gasteiger partial charge is 0.345 e. The third-order valence-corrected chi connectivity index (χ3v) is 4.92. The van der Waals surface area contributed by atoms with E-state index in [4.69, 9.17) is 0 Å². The number of anilines is 1. The quantitative estimate of drug-likeness (QED) is 0.766. The highest BCUT2D eigenvalue weighted by molar-refractivity contribution is 9.10.